The fourth-order valence-electron chi connectivity index (χ4n) is 1.07. The van der Waals surface area contributed by atoms with E-state index in [1.807, 2.05) is 0 Å². The fraction of sp³-hybridized carbons (Fsp3) is 0. The first-order chi connectivity index (χ1) is 6.38. The molecular formula is C10H6FN2. The van der Waals surface area contributed by atoms with E-state index in [0.29, 0.717) is 11.3 Å². The first-order valence-electron chi connectivity index (χ1n) is 3.81. The van der Waals surface area contributed by atoms with E-state index in [1.54, 1.807) is 18.2 Å². The summed E-state index contributed by atoms with van der Waals surface area (Å²) in [5.41, 5.74) is 0.951. The molecule has 13 heavy (non-hydrogen) atoms. The second-order valence-electron chi connectivity index (χ2n) is 2.51. The van der Waals surface area contributed by atoms with Crippen molar-refractivity contribution in [3.05, 3.63) is 48.7 Å². The predicted molar refractivity (Wildman–Crippen MR) is 46.3 cm³/mol. The van der Waals surface area contributed by atoms with Gasteiger partial charge in [-0.3, -0.25) is 4.98 Å². The van der Waals surface area contributed by atoms with Crippen LogP contribution < -0.4 is 0 Å². The van der Waals surface area contributed by atoms with Crippen molar-refractivity contribution in [3.8, 4) is 11.3 Å². The highest BCUT2D eigenvalue weighted by atomic mass is 19.1. The minimum Gasteiger partial charge on any atom is -0.260 e. The Balaban J connectivity index is 2.54. The Labute approximate surface area is 75.1 Å². The predicted octanol–water partition coefficient (Wildman–Crippen LogP) is 2.08. The standard InChI is InChI=1S/C10H6FN2/c11-9-4-2-1-3-8(9)10-7-12-5-6-13-10/h1-5,7H. The van der Waals surface area contributed by atoms with Gasteiger partial charge < -0.3 is 0 Å². The highest BCUT2D eigenvalue weighted by molar-refractivity contribution is 5.58. The molecule has 2 nitrogen and oxygen atoms in total. The number of halogens is 1. The molecule has 3 heteroatoms. The van der Waals surface area contributed by atoms with Crippen LogP contribution in [0, 0.1) is 12.0 Å². The molecule has 0 aliphatic rings. The maximum Gasteiger partial charge on any atom is 0.132 e. The molecule has 2 rings (SSSR count). The highest BCUT2D eigenvalue weighted by Gasteiger charge is 2.03. The van der Waals surface area contributed by atoms with Crippen LogP contribution in [0.4, 0.5) is 4.39 Å². The summed E-state index contributed by atoms with van der Waals surface area (Å²) < 4.78 is 13.2. The summed E-state index contributed by atoms with van der Waals surface area (Å²) in [7, 11) is 0. The summed E-state index contributed by atoms with van der Waals surface area (Å²) >= 11 is 0. The van der Waals surface area contributed by atoms with E-state index < -0.39 is 0 Å². The highest BCUT2D eigenvalue weighted by Crippen LogP contribution is 2.18. The molecule has 0 spiro atoms. The third-order valence-corrected chi connectivity index (χ3v) is 1.66. The van der Waals surface area contributed by atoms with Crippen LogP contribution in [-0.4, -0.2) is 9.97 Å². The summed E-state index contributed by atoms with van der Waals surface area (Å²) in [5, 5.41) is 0. The number of nitrogens with zero attached hydrogens (tertiary/aromatic N) is 2. The van der Waals surface area contributed by atoms with Crippen LogP contribution in [0.15, 0.2) is 36.7 Å². The zero-order chi connectivity index (χ0) is 9.10. The van der Waals surface area contributed by atoms with Gasteiger partial charge in [0.15, 0.2) is 0 Å². The molecule has 0 amide bonds. The van der Waals surface area contributed by atoms with Crippen molar-refractivity contribution in [3.63, 3.8) is 0 Å². The first-order valence-corrected chi connectivity index (χ1v) is 3.81. The lowest BCUT2D eigenvalue weighted by Crippen LogP contribution is -1.87. The van der Waals surface area contributed by atoms with Crippen LogP contribution in [0.2, 0.25) is 0 Å². The van der Waals surface area contributed by atoms with Crippen LogP contribution in [0.25, 0.3) is 11.3 Å². The van der Waals surface area contributed by atoms with Gasteiger partial charge in [0.05, 0.1) is 18.1 Å². The quantitative estimate of drug-likeness (QED) is 0.659. The Hall–Kier alpha value is -1.77. The number of hydrogen-bond acceptors (Lipinski definition) is 2. The average Bonchev–Trinajstić information content (AvgIpc) is 2.20. The molecule has 1 heterocycles. The van der Waals surface area contributed by atoms with Crippen molar-refractivity contribution in [2.45, 2.75) is 0 Å². The second-order valence-corrected chi connectivity index (χ2v) is 2.51. The third-order valence-electron chi connectivity index (χ3n) is 1.66. The fourth-order valence-corrected chi connectivity index (χ4v) is 1.07. The number of aromatic nitrogens is 2. The van der Waals surface area contributed by atoms with E-state index in [1.165, 1.54) is 18.5 Å². The largest absolute Gasteiger partial charge is 0.260 e. The summed E-state index contributed by atoms with van der Waals surface area (Å²) in [5.74, 6) is -0.295. The van der Waals surface area contributed by atoms with Gasteiger partial charge in [0.25, 0.3) is 0 Å². The van der Waals surface area contributed by atoms with Gasteiger partial charge in [-0.05, 0) is 12.1 Å². The molecule has 0 unspecified atom stereocenters. The van der Waals surface area contributed by atoms with Gasteiger partial charge in [0.1, 0.15) is 12.0 Å². The number of hydrogen-bond donors (Lipinski definition) is 0. The Morgan fingerprint density at radius 2 is 2.08 bits per heavy atom. The van der Waals surface area contributed by atoms with Crippen LogP contribution in [0.5, 0.6) is 0 Å². The van der Waals surface area contributed by atoms with E-state index in [9.17, 15) is 4.39 Å². The summed E-state index contributed by atoms with van der Waals surface area (Å²) in [6.45, 7) is 0. The minimum atomic E-state index is -0.295. The Bertz CT molecular complexity index is 401. The van der Waals surface area contributed by atoms with Gasteiger partial charge in [-0.15, -0.1) is 0 Å². The molecule has 0 fully saturated rings. The molecule has 0 bridgehead atoms. The van der Waals surface area contributed by atoms with Crippen LogP contribution >= 0.6 is 0 Å². The lowest BCUT2D eigenvalue weighted by Gasteiger charge is -1.99. The summed E-state index contributed by atoms with van der Waals surface area (Å²) in [4.78, 5) is 7.70. The smallest absolute Gasteiger partial charge is 0.132 e. The monoisotopic (exact) mass is 173 g/mol. The molecule has 0 aliphatic heterocycles. The molecule has 0 N–H and O–H groups in total. The second kappa shape index (κ2) is 3.31. The van der Waals surface area contributed by atoms with Crippen LogP contribution in [0.1, 0.15) is 0 Å². The molecule has 63 valence electrons. The number of benzene rings is 1. The van der Waals surface area contributed by atoms with Crippen molar-refractivity contribution >= 4 is 0 Å². The summed E-state index contributed by atoms with van der Waals surface area (Å²) in [6, 6.07) is 6.45. The molecule has 0 saturated heterocycles. The lowest BCUT2D eigenvalue weighted by atomic mass is 10.1. The van der Waals surface area contributed by atoms with Gasteiger partial charge in [0.2, 0.25) is 0 Å². The topological polar surface area (TPSA) is 25.8 Å². The van der Waals surface area contributed by atoms with E-state index in [-0.39, 0.29) is 5.82 Å². The zero-order valence-corrected chi connectivity index (χ0v) is 6.74. The SMILES string of the molecule is Fc1ccccc1-c1cnc[c]n1. The van der Waals surface area contributed by atoms with Crippen LogP contribution in [0.3, 0.4) is 0 Å². The van der Waals surface area contributed by atoms with E-state index in [4.69, 9.17) is 0 Å². The van der Waals surface area contributed by atoms with Gasteiger partial charge in [-0.25, -0.2) is 9.37 Å². The normalized spacial score (nSPS) is 9.92. The Morgan fingerprint density at radius 1 is 1.23 bits per heavy atom. The van der Waals surface area contributed by atoms with Gasteiger partial charge in [-0.1, -0.05) is 12.1 Å². The van der Waals surface area contributed by atoms with Crippen molar-refractivity contribution < 1.29 is 4.39 Å². The van der Waals surface area contributed by atoms with E-state index in [0.717, 1.165) is 0 Å². The van der Waals surface area contributed by atoms with Crippen LogP contribution in [-0.2, 0) is 0 Å². The van der Waals surface area contributed by atoms with Crippen molar-refractivity contribution in [1.29, 1.82) is 0 Å². The Morgan fingerprint density at radius 3 is 2.77 bits per heavy atom. The maximum atomic E-state index is 13.2. The zero-order valence-electron chi connectivity index (χ0n) is 6.74. The van der Waals surface area contributed by atoms with Crippen molar-refractivity contribution in [2.75, 3.05) is 0 Å². The molecule has 0 aliphatic carbocycles. The van der Waals surface area contributed by atoms with E-state index in [2.05, 4.69) is 16.2 Å². The van der Waals surface area contributed by atoms with Gasteiger partial charge in [0, 0.05) is 5.56 Å². The first kappa shape index (κ1) is 7.86. The molecule has 0 atom stereocenters. The molecule has 2 aromatic rings. The van der Waals surface area contributed by atoms with Crippen molar-refractivity contribution in [1.82, 2.24) is 9.97 Å². The molecule has 1 aromatic heterocycles. The van der Waals surface area contributed by atoms with E-state index >= 15 is 0 Å². The average molecular weight is 173 g/mol. The minimum absolute atomic E-state index is 0.295. The third kappa shape index (κ3) is 1.54. The molecule has 0 saturated carbocycles. The lowest BCUT2D eigenvalue weighted by molar-refractivity contribution is 0.630. The molecule has 1 radical (unpaired) electrons. The van der Waals surface area contributed by atoms with Gasteiger partial charge >= 0.3 is 0 Å². The maximum absolute atomic E-state index is 13.2. The number of rotatable bonds is 1. The Kier molecular flexibility index (Phi) is 2.00. The van der Waals surface area contributed by atoms with Crippen molar-refractivity contribution in [2.24, 2.45) is 0 Å². The molecular weight excluding hydrogens is 167 g/mol. The summed E-state index contributed by atoms with van der Waals surface area (Å²) in [6.07, 6.45) is 5.50. The van der Waals surface area contributed by atoms with Gasteiger partial charge in [-0.2, -0.15) is 0 Å². The molecule has 1 aromatic carbocycles.